The van der Waals surface area contributed by atoms with Crippen LogP contribution in [-0.4, -0.2) is 21.4 Å². The van der Waals surface area contributed by atoms with E-state index in [0.29, 0.717) is 21.6 Å². The summed E-state index contributed by atoms with van der Waals surface area (Å²) >= 11 is 16.2. The summed E-state index contributed by atoms with van der Waals surface area (Å²) in [5.41, 5.74) is 3.35. The number of benzene rings is 2. The average Bonchev–Trinajstić information content (AvgIpc) is 3.08. The zero-order chi connectivity index (χ0) is 24.3. The van der Waals surface area contributed by atoms with Crippen LogP contribution in [0.3, 0.4) is 0 Å². The minimum Gasteiger partial charge on any atom is -0.332 e. The van der Waals surface area contributed by atoms with Gasteiger partial charge in [-0.05, 0) is 93.5 Å². The lowest BCUT2D eigenvalue weighted by Gasteiger charge is -2.56. The van der Waals surface area contributed by atoms with Gasteiger partial charge >= 0.3 is 6.03 Å². The molecule has 4 aliphatic rings. The molecule has 5 nitrogen and oxygen atoms in total. The molecule has 4 fully saturated rings. The SMILES string of the molecule is Cc1c(NC(=O)NC23CC4CC(CC(C4)C2)C3)nn(-c2ccc(Cl)cc2Cl)c1-c1ccc(Br)cc1. The summed E-state index contributed by atoms with van der Waals surface area (Å²) in [5, 5.41) is 12.3. The summed E-state index contributed by atoms with van der Waals surface area (Å²) in [6.07, 6.45) is 7.32. The van der Waals surface area contributed by atoms with Crippen molar-refractivity contribution in [2.45, 2.75) is 51.0 Å². The van der Waals surface area contributed by atoms with Crippen LogP contribution in [0.4, 0.5) is 10.6 Å². The highest BCUT2D eigenvalue weighted by molar-refractivity contribution is 9.10. The third-order valence-corrected chi connectivity index (χ3v) is 9.09. The van der Waals surface area contributed by atoms with E-state index >= 15 is 0 Å². The highest BCUT2D eigenvalue weighted by Gasteiger charge is 2.51. The van der Waals surface area contributed by atoms with Crippen molar-refractivity contribution in [3.8, 4) is 16.9 Å². The Hall–Kier alpha value is -2.02. The Labute approximate surface area is 223 Å². The molecule has 182 valence electrons. The summed E-state index contributed by atoms with van der Waals surface area (Å²) in [4.78, 5) is 13.3. The zero-order valence-electron chi connectivity index (χ0n) is 19.5. The number of hydrogen-bond acceptors (Lipinski definition) is 2. The second kappa shape index (κ2) is 8.82. The number of rotatable bonds is 4. The molecule has 2 amide bonds. The molecule has 0 atom stereocenters. The van der Waals surface area contributed by atoms with Crippen LogP contribution in [0.5, 0.6) is 0 Å². The minimum atomic E-state index is -0.177. The number of aromatic nitrogens is 2. The molecule has 0 aliphatic heterocycles. The molecule has 2 aromatic carbocycles. The number of nitrogens with one attached hydrogen (secondary N) is 2. The third kappa shape index (κ3) is 4.38. The van der Waals surface area contributed by atoms with E-state index in [0.717, 1.165) is 58.3 Å². The Morgan fingerprint density at radius 2 is 1.66 bits per heavy atom. The Morgan fingerprint density at radius 3 is 2.26 bits per heavy atom. The fourth-order valence-electron chi connectivity index (χ4n) is 7.03. The Bertz CT molecular complexity index is 1270. The van der Waals surface area contributed by atoms with E-state index in [4.69, 9.17) is 28.3 Å². The number of anilines is 1. The van der Waals surface area contributed by atoms with Crippen LogP contribution in [0.2, 0.25) is 10.0 Å². The predicted molar refractivity (Wildman–Crippen MR) is 145 cm³/mol. The van der Waals surface area contributed by atoms with Crippen molar-refractivity contribution >= 4 is 51.0 Å². The van der Waals surface area contributed by atoms with E-state index < -0.39 is 0 Å². The average molecular weight is 574 g/mol. The van der Waals surface area contributed by atoms with E-state index in [1.165, 1.54) is 19.3 Å². The van der Waals surface area contributed by atoms with Crippen molar-refractivity contribution in [3.05, 3.63) is 62.5 Å². The van der Waals surface area contributed by atoms with Crippen molar-refractivity contribution < 1.29 is 4.79 Å². The van der Waals surface area contributed by atoms with E-state index in [1.54, 1.807) is 16.8 Å². The van der Waals surface area contributed by atoms with Gasteiger partial charge in [0.05, 0.1) is 16.4 Å². The normalized spacial score (nSPS) is 26.7. The topological polar surface area (TPSA) is 59.0 Å². The van der Waals surface area contributed by atoms with Gasteiger partial charge in [-0.2, -0.15) is 0 Å². The summed E-state index contributed by atoms with van der Waals surface area (Å²) in [6.45, 7) is 1.98. The molecular weight excluding hydrogens is 547 g/mol. The lowest BCUT2D eigenvalue weighted by atomic mass is 9.53. The molecule has 1 heterocycles. The van der Waals surface area contributed by atoms with Gasteiger partial charge in [-0.25, -0.2) is 9.48 Å². The number of halogens is 3. The lowest BCUT2D eigenvalue weighted by molar-refractivity contribution is -0.0127. The van der Waals surface area contributed by atoms with Gasteiger partial charge < -0.3 is 5.32 Å². The van der Waals surface area contributed by atoms with Gasteiger partial charge in [0.25, 0.3) is 0 Å². The van der Waals surface area contributed by atoms with Gasteiger partial charge in [0.15, 0.2) is 5.82 Å². The smallest absolute Gasteiger partial charge is 0.320 e. The largest absolute Gasteiger partial charge is 0.332 e. The molecule has 3 aromatic rings. The Kier molecular flexibility index (Phi) is 5.89. The molecule has 4 bridgehead atoms. The van der Waals surface area contributed by atoms with Gasteiger partial charge in [-0.3, -0.25) is 5.32 Å². The minimum absolute atomic E-state index is 0.0661. The zero-order valence-corrected chi connectivity index (χ0v) is 22.6. The summed E-state index contributed by atoms with van der Waals surface area (Å²) in [6, 6.07) is 13.2. The second-order valence-corrected chi connectivity index (χ2v) is 12.4. The molecule has 0 radical (unpaired) electrons. The number of carbonyl (C=O) groups is 1. The van der Waals surface area contributed by atoms with E-state index in [1.807, 2.05) is 37.3 Å². The highest BCUT2D eigenvalue weighted by atomic mass is 79.9. The summed E-state index contributed by atoms with van der Waals surface area (Å²) < 4.78 is 2.78. The maximum absolute atomic E-state index is 13.3. The van der Waals surface area contributed by atoms with Gasteiger partial charge in [0.2, 0.25) is 0 Å². The first kappa shape index (κ1) is 23.4. The Morgan fingerprint density at radius 1 is 1.03 bits per heavy atom. The van der Waals surface area contributed by atoms with Crippen LogP contribution in [0, 0.1) is 24.7 Å². The molecular formula is C27H27BrCl2N4O. The quantitative estimate of drug-likeness (QED) is 0.332. The number of carbonyl (C=O) groups excluding carboxylic acids is 1. The molecule has 7 rings (SSSR count). The van der Waals surface area contributed by atoms with Crippen molar-refractivity contribution in [2.75, 3.05) is 5.32 Å². The van der Waals surface area contributed by atoms with Gasteiger partial charge in [-0.1, -0.05) is 51.3 Å². The second-order valence-electron chi connectivity index (χ2n) is 10.6. The van der Waals surface area contributed by atoms with E-state index in [-0.39, 0.29) is 11.6 Å². The summed E-state index contributed by atoms with van der Waals surface area (Å²) in [7, 11) is 0. The number of amides is 2. The van der Waals surface area contributed by atoms with Crippen LogP contribution in [0.25, 0.3) is 16.9 Å². The molecule has 35 heavy (non-hydrogen) atoms. The first-order valence-corrected chi connectivity index (χ1v) is 13.7. The molecule has 0 spiro atoms. The molecule has 4 saturated carbocycles. The molecule has 2 N–H and O–H groups in total. The monoisotopic (exact) mass is 572 g/mol. The standard InChI is InChI=1S/C27H27BrCl2N4O/c1-15-24(19-2-4-20(28)5-3-19)34(23-7-6-21(29)11-22(23)30)33-25(15)31-26(35)32-27-12-16-8-17(13-27)10-18(9-16)14-27/h2-7,11,16-18H,8-10,12-14H2,1H3,(H2,31,32,33,35). The van der Waals surface area contributed by atoms with E-state index in [9.17, 15) is 4.79 Å². The van der Waals surface area contributed by atoms with Gasteiger partial charge in [-0.15, -0.1) is 5.10 Å². The van der Waals surface area contributed by atoms with Crippen LogP contribution >= 0.6 is 39.1 Å². The molecule has 0 saturated heterocycles. The number of nitrogens with zero attached hydrogens (tertiary/aromatic N) is 2. The maximum atomic E-state index is 13.3. The fourth-order valence-corrected chi connectivity index (χ4v) is 7.78. The highest BCUT2D eigenvalue weighted by Crippen LogP contribution is 2.55. The number of hydrogen-bond donors (Lipinski definition) is 2. The van der Waals surface area contributed by atoms with Crippen molar-refractivity contribution in [1.82, 2.24) is 15.1 Å². The first-order valence-electron chi connectivity index (χ1n) is 12.2. The molecule has 1 aromatic heterocycles. The van der Waals surface area contributed by atoms with Crippen LogP contribution in [0.1, 0.15) is 44.1 Å². The van der Waals surface area contributed by atoms with Crippen LogP contribution in [0.15, 0.2) is 46.9 Å². The molecule has 8 heteroatoms. The van der Waals surface area contributed by atoms with Crippen molar-refractivity contribution in [1.29, 1.82) is 0 Å². The molecule has 0 unspecified atom stereocenters. The van der Waals surface area contributed by atoms with Crippen LogP contribution < -0.4 is 10.6 Å². The fraction of sp³-hybridized carbons (Fsp3) is 0.407. The third-order valence-electron chi connectivity index (χ3n) is 8.03. The van der Waals surface area contributed by atoms with Crippen LogP contribution in [-0.2, 0) is 0 Å². The number of urea groups is 1. The van der Waals surface area contributed by atoms with Gasteiger partial charge in [0, 0.05) is 26.2 Å². The Balaban J connectivity index is 1.33. The van der Waals surface area contributed by atoms with Gasteiger partial charge in [0.1, 0.15) is 0 Å². The predicted octanol–water partition coefficient (Wildman–Crippen LogP) is 8.01. The maximum Gasteiger partial charge on any atom is 0.320 e. The summed E-state index contributed by atoms with van der Waals surface area (Å²) in [5.74, 6) is 2.81. The van der Waals surface area contributed by atoms with E-state index in [2.05, 4.69) is 26.6 Å². The first-order chi connectivity index (χ1) is 16.8. The molecule has 4 aliphatic carbocycles. The van der Waals surface area contributed by atoms with Crippen molar-refractivity contribution in [3.63, 3.8) is 0 Å². The van der Waals surface area contributed by atoms with Crippen molar-refractivity contribution in [2.24, 2.45) is 17.8 Å². The lowest BCUT2D eigenvalue weighted by Crippen LogP contribution is -2.60.